The predicted molar refractivity (Wildman–Crippen MR) is 115 cm³/mol. The SMILES string of the molecule is COc1ccc(C2=CC(c3ccccc3O)NC(C3CCCCC3)N2)cc1OC. The van der Waals surface area contributed by atoms with Crippen molar-refractivity contribution >= 4 is 5.70 Å². The van der Waals surface area contributed by atoms with Gasteiger partial charge in [0, 0.05) is 16.8 Å². The van der Waals surface area contributed by atoms with E-state index in [9.17, 15) is 5.11 Å². The van der Waals surface area contributed by atoms with E-state index in [0.717, 1.165) is 16.8 Å². The fourth-order valence-electron chi connectivity index (χ4n) is 4.50. The molecule has 5 heteroatoms. The Morgan fingerprint density at radius 2 is 1.69 bits per heavy atom. The van der Waals surface area contributed by atoms with Crippen LogP contribution in [0.25, 0.3) is 5.70 Å². The molecule has 1 heterocycles. The molecule has 0 aromatic heterocycles. The fraction of sp³-hybridized carbons (Fsp3) is 0.417. The Labute approximate surface area is 172 Å². The van der Waals surface area contributed by atoms with Gasteiger partial charge in [-0.3, -0.25) is 5.32 Å². The predicted octanol–water partition coefficient (Wildman–Crippen LogP) is 4.59. The molecule has 1 saturated carbocycles. The number of para-hydroxylation sites is 1. The van der Waals surface area contributed by atoms with Crippen LogP contribution in [-0.2, 0) is 0 Å². The van der Waals surface area contributed by atoms with Crippen LogP contribution in [-0.4, -0.2) is 25.5 Å². The van der Waals surface area contributed by atoms with Crippen LogP contribution in [0.2, 0.25) is 0 Å². The van der Waals surface area contributed by atoms with E-state index >= 15 is 0 Å². The summed E-state index contributed by atoms with van der Waals surface area (Å²) in [6, 6.07) is 13.5. The van der Waals surface area contributed by atoms with Gasteiger partial charge in [-0.25, -0.2) is 0 Å². The molecule has 2 atom stereocenters. The van der Waals surface area contributed by atoms with E-state index in [2.05, 4.69) is 16.7 Å². The lowest BCUT2D eigenvalue weighted by molar-refractivity contribution is 0.237. The lowest BCUT2D eigenvalue weighted by Crippen LogP contribution is -2.51. The second kappa shape index (κ2) is 8.78. The van der Waals surface area contributed by atoms with Crippen LogP contribution >= 0.6 is 0 Å². The summed E-state index contributed by atoms with van der Waals surface area (Å²) in [4.78, 5) is 0. The third-order valence-electron chi connectivity index (χ3n) is 6.09. The molecule has 0 saturated heterocycles. The van der Waals surface area contributed by atoms with Gasteiger partial charge in [0.05, 0.1) is 26.4 Å². The smallest absolute Gasteiger partial charge is 0.161 e. The standard InChI is InChI=1S/C24H30N2O3/c1-28-22-13-12-17(14-23(22)29-2)19-15-20(18-10-6-7-11-21(18)27)26-24(25-19)16-8-4-3-5-9-16/h6-7,10-16,20,24-27H,3-5,8-9H2,1-2H3. The van der Waals surface area contributed by atoms with Gasteiger partial charge < -0.3 is 19.9 Å². The van der Waals surface area contributed by atoms with Gasteiger partial charge in [-0.15, -0.1) is 0 Å². The summed E-state index contributed by atoms with van der Waals surface area (Å²) in [5.41, 5.74) is 2.99. The van der Waals surface area contributed by atoms with Crippen LogP contribution in [0.4, 0.5) is 0 Å². The minimum Gasteiger partial charge on any atom is -0.508 e. The molecule has 2 aromatic rings. The fourth-order valence-corrected chi connectivity index (χ4v) is 4.50. The molecule has 154 valence electrons. The number of nitrogens with one attached hydrogen (secondary N) is 2. The zero-order valence-corrected chi connectivity index (χ0v) is 17.2. The molecule has 5 nitrogen and oxygen atoms in total. The van der Waals surface area contributed by atoms with E-state index in [1.54, 1.807) is 20.3 Å². The normalized spacial score (nSPS) is 22.5. The van der Waals surface area contributed by atoms with Crippen molar-refractivity contribution in [1.29, 1.82) is 0 Å². The number of methoxy groups -OCH3 is 2. The summed E-state index contributed by atoms with van der Waals surface area (Å²) in [7, 11) is 3.30. The monoisotopic (exact) mass is 394 g/mol. The molecule has 0 bridgehead atoms. The highest BCUT2D eigenvalue weighted by molar-refractivity contribution is 5.69. The maximum Gasteiger partial charge on any atom is 0.161 e. The van der Waals surface area contributed by atoms with Crippen LogP contribution < -0.4 is 20.1 Å². The zero-order chi connectivity index (χ0) is 20.2. The number of hydrogen-bond donors (Lipinski definition) is 3. The molecule has 0 amide bonds. The molecule has 1 aliphatic heterocycles. The lowest BCUT2D eigenvalue weighted by Gasteiger charge is -2.39. The molecule has 3 N–H and O–H groups in total. The number of phenolic OH excluding ortho intramolecular Hbond substituents is 1. The second-order valence-electron chi connectivity index (χ2n) is 7.87. The molecule has 0 spiro atoms. The molecule has 2 unspecified atom stereocenters. The summed E-state index contributed by atoms with van der Waals surface area (Å²) >= 11 is 0. The van der Waals surface area contributed by atoms with E-state index in [1.165, 1.54) is 32.1 Å². The molecular formula is C24H30N2O3. The highest BCUT2D eigenvalue weighted by Crippen LogP contribution is 2.36. The molecule has 29 heavy (non-hydrogen) atoms. The molecule has 2 aliphatic rings. The second-order valence-corrected chi connectivity index (χ2v) is 7.87. The van der Waals surface area contributed by atoms with Crippen LogP contribution in [0, 0.1) is 5.92 Å². The van der Waals surface area contributed by atoms with Gasteiger partial charge in [0.2, 0.25) is 0 Å². The quantitative estimate of drug-likeness (QED) is 0.692. The highest BCUT2D eigenvalue weighted by Gasteiger charge is 2.30. The van der Waals surface area contributed by atoms with Crippen LogP contribution in [0.3, 0.4) is 0 Å². The van der Waals surface area contributed by atoms with Crippen molar-refractivity contribution < 1.29 is 14.6 Å². The Bertz CT molecular complexity index is 874. The Balaban J connectivity index is 1.71. The average Bonchev–Trinajstić information content (AvgIpc) is 2.79. The van der Waals surface area contributed by atoms with Gasteiger partial charge in [-0.2, -0.15) is 0 Å². The lowest BCUT2D eigenvalue weighted by atomic mass is 9.85. The van der Waals surface area contributed by atoms with Gasteiger partial charge in [0.15, 0.2) is 11.5 Å². The van der Waals surface area contributed by atoms with E-state index in [1.807, 2.05) is 36.4 Å². The minimum absolute atomic E-state index is 0.0625. The summed E-state index contributed by atoms with van der Waals surface area (Å²) < 4.78 is 10.9. The van der Waals surface area contributed by atoms with Crippen molar-refractivity contribution in [3.63, 3.8) is 0 Å². The molecule has 1 aliphatic carbocycles. The highest BCUT2D eigenvalue weighted by atomic mass is 16.5. The first kappa shape index (κ1) is 19.6. The van der Waals surface area contributed by atoms with E-state index in [0.29, 0.717) is 23.2 Å². The first-order valence-corrected chi connectivity index (χ1v) is 10.4. The number of aromatic hydroxyl groups is 1. The van der Waals surface area contributed by atoms with Crippen molar-refractivity contribution in [2.45, 2.75) is 44.3 Å². The van der Waals surface area contributed by atoms with E-state index in [-0.39, 0.29) is 12.2 Å². The van der Waals surface area contributed by atoms with Crippen LogP contribution in [0.15, 0.2) is 48.5 Å². The molecular weight excluding hydrogens is 364 g/mol. The number of rotatable bonds is 5. The van der Waals surface area contributed by atoms with Crippen LogP contribution in [0.5, 0.6) is 17.2 Å². The summed E-state index contributed by atoms with van der Waals surface area (Å²) in [6.07, 6.45) is 8.63. The molecule has 2 aromatic carbocycles. The molecule has 1 fully saturated rings. The molecule has 0 radical (unpaired) electrons. The largest absolute Gasteiger partial charge is 0.508 e. The number of benzene rings is 2. The van der Waals surface area contributed by atoms with E-state index < -0.39 is 0 Å². The summed E-state index contributed by atoms with van der Waals surface area (Å²) in [5.74, 6) is 2.31. The van der Waals surface area contributed by atoms with Crippen molar-refractivity contribution in [2.24, 2.45) is 5.92 Å². The Hall–Kier alpha value is -2.66. The minimum atomic E-state index is -0.0625. The van der Waals surface area contributed by atoms with Crippen molar-refractivity contribution in [3.05, 3.63) is 59.7 Å². The first-order chi connectivity index (χ1) is 14.2. The Morgan fingerprint density at radius 3 is 2.41 bits per heavy atom. The third kappa shape index (κ3) is 4.20. The summed E-state index contributed by atoms with van der Waals surface area (Å²) in [5, 5.41) is 17.9. The van der Waals surface area contributed by atoms with Crippen molar-refractivity contribution in [2.75, 3.05) is 14.2 Å². The topological polar surface area (TPSA) is 62.8 Å². The average molecular weight is 395 g/mol. The van der Waals surface area contributed by atoms with Crippen molar-refractivity contribution in [3.8, 4) is 17.2 Å². The number of phenols is 1. The maximum atomic E-state index is 10.4. The van der Waals surface area contributed by atoms with E-state index in [4.69, 9.17) is 9.47 Å². The first-order valence-electron chi connectivity index (χ1n) is 10.4. The van der Waals surface area contributed by atoms with Gasteiger partial charge in [-0.05, 0) is 49.1 Å². The molecule has 4 rings (SSSR count). The summed E-state index contributed by atoms with van der Waals surface area (Å²) in [6.45, 7) is 0. The van der Waals surface area contributed by atoms with Crippen molar-refractivity contribution in [1.82, 2.24) is 10.6 Å². The third-order valence-corrected chi connectivity index (χ3v) is 6.09. The van der Waals surface area contributed by atoms with Gasteiger partial charge in [0.1, 0.15) is 5.75 Å². The maximum absolute atomic E-state index is 10.4. The number of ether oxygens (including phenoxy) is 2. The zero-order valence-electron chi connectivity index (χ0n) is 17.2. The van der Waals surface area contributed by atoms with Gasteiger partial charge in [-0.1, -0.05) is 37.5 Å². The number of hydrogen-bond acceptors (Lipinski definition) is 5. The van der Waals surface area contributed by atoms with Crippen LogP contribution in [0.1, 0.15) is 49.3 Å². The van der Waals surface area contributed by atoms with Gasteiger partial charge in [0.25, 0.3) is 0 Å². The Kier molecular flexibility index (Phi) is 5.95. The van der Waals surface area contributed by atoms with Gasteiger partial charge >= 0.3 is 0 Å². The Morgan fingerprint density at radius 1 is 0.931 bits per heavy atom.